The molecule has 0 N–H and O–H groups in total. The van der Waals surface area contributed by atoms with Gasteiger partial charge in [0.1, 0.15) is 0 Å². The largest absolute Gasteiger partial charge is 0.295 e. The molecule has 2 nitrogen and oxygen atoms in total. The van der Waals surface area contributed by atoms with Crippen molar-refractivity contribution < 1.29 is 9.00 Å². The number of carbonyl (C=O) groups is 1. The van der Waals surface area contributed by atoms with Crippen molar-refractivity contribution in [1.29, 1.82) is 0 Å². The third kappa shape index (κ3) is 2.01. The lowest BCUT2D eigenvalue weighted by Crippen LogP contribution is -1.93. The zero-order chi connectivity index (χ0) is 9.14. The van der Waals surface area contributed by atoms with E-state index in [0.717, 1.165) is 4.90 Å². The number of carbonyl (C=O) groups excluding carboxylic acids is 1. The van der Waals surface area contributed by atoms with Gasteiger partial charge >= 0.3 is 0 Å². The summed E-state index contributed by atoms with van der Waals surface area (Å²) >= 11 is 0. The fraction of sp³-hybridized carbons (Fsp3) is 0.222. The Balaban J connectivity index is 3.01. The van der Waals surface area contributed by atoms with Crippen molar-refractivity contribution in [2.45, 2.75) is 11.8 Å². The van der Waals surface area contributed by atoms with Gasteiger partial charge in [0, 0.05) is 27.5 Å². The molecule has 1 aromatic rings. The number of hydrogen-bond acceptors (Lipinski definition) is 2. The molecule has 1 rings (SSSR count). The second-order valence-electron chi connectivity index (χ2n) is 2.53. The highest BCUT2D eigenvalue weighted by Gasteiger charge is 2.00. The van der Waals surface area contributed by atoms with E-state index in [0.29, 0.717) is 5.56 Å². The first kappa shape index (κ1) is 9.13. The second kappa shape index (κ2) is 3.63. The number of rotatable bonds is 2. The molecule has 0 fully saturated rings. The van der Waals surface area contributed by atoms with E-state index in [1.807, 2.05) is 0 Å². The third-order valence-electron chi connectivity index (χ3n) is 1.59. The number of benzene rings is 1. The maximum atomic E-state index is 11.0. The van der Waals surface area contributed by atoms with Crippen molar-refractivity contribution in [2.75, 3.05) is 6.26 Å². The van der Waals surface area contributed by atoms with Crippen LogP contribution in [0.3, 0.4) is 0 Å². The van der Waals surface area contributed by atoms with Gasteiger partial charge in [-0.25, -0.2) is 0 Å². The molecule has 1 aromatic carbocycles. The van der Waals surface area contributed by atoms with E-state index in [2.05, 4.69) is 0 Å². The molecular weight excluding hydrogens is 174 g/mol. The fourth-order valence-corrected chi connectivity index (χ4v) is 1.40. The van der Waals surface area contributed by atoms with Crippen LogP contribution in [-0.4, -0.2) is 16.2 Å². The van der Waals surface area contributed by atoms with Crippen molar-refractivity contribution >= 4 is 16.6 Å². The Hall–Kier alpha value is -0.960. The van der Waals surface area contributed by atoms with Crippen LogP contribution in [0.15, 0.2) is 29.2 Å². The summed E-state index contributed by atoms with van der Waals surface area (Å²) in [5.74, 6) is 0.0310. The minimum atomic E-state index is -0.962. The lowest BCUT2D eigenvalue weighted by Gasteiger charge is -1.97. The zero-order valence-corrected chi connectivity index (χ0v) is 7.85. The Morgan fingerprint density at radius 3 is 2.17 bits per heavy atom. The minimum Gasteiger partial charge on any atom is -0.295 e. The molecule has 1 unspecified atom stereocenters. The average Bonchev–Trinajstić information content (AvgIpc) is 2.04. The van der Waals surface area contributed by atoms with Crippen LogP contribution in [0, 0.1) is 0 Å². The summed E-state index contributed by atoms with van der Waals surface area (Å²) in [6, 6.07) is 6.82. The predicted octanol–water partition coefficient (Wildman–Crippen LogP) is 1.63. The summed E-state index contributed by atoms with van der Waals surface area (Å²) in [5.41, 5.74) is 0.657. The van der Waals surface area contributed by atoms with Gasteiger partial charge in [-0.3, -0.25) is 9.00 Å². The van der Waals surface area contributed by atoms with Crippen molar-refractivity contribution in [1.82, 2.24) is 0 Å². The third-order valence-corrected chi connectivity index (χ3v) is 2.53. The van der Waals surface area contributed by atoms with Gasteiger partial charge in [-0.2, -0.15) is 0 Å². The van der Waals surface area contributed by atoms with Crippen LogP contribution in [0.25, 0.3) is 0 Å². The van der Waals surface area contributed by atoms with Gasteiger partial charge in [0.25, 0.3) is 0 Å². The fourth-order valence-electron chi connectivity index (χ4n) is 0.881. The first-order valence-corrected chi connectivity index (χ1v) is 5.11. The van der Waals surface area contributed by atoms with Gasteiger partial charge in [-0.05, 0) is 19.1 Å². The summed E-state index contributed by atoms with van der Waals surface area (Å²) in [6.45, 7) is 1.51. The Labute approximate surface area is 74.1 Å². The van der Waals surface area contributed by atoms with Crippen LogP contribution in [0.5, 0.6) is 0 Å². The average molecular weight is 184 g/mol. The van der Waals surface area contributed by atoms with Crippen molar-refractivity contribution in [2.24, 2.45) is 0 Å². The van der Waals surface area contributed by atoms with E-state index in [9.17, 15) is 9.00 Å². The Kier molecular flexibility index (Phi) is 2.76. The van der Waals surface area contributed by atoms with Crippen LogP contribution in [0.2, 0.25) is 0 Å². The van der Waals surface area contributed by atoms with Crippen LogP contribution in [0.4, 0.5) is 0 Å². The summed E-state index contributed by atoms with van der Waals surface area (Å²) in [4.78, 5) is 11.6. The van der Waals surface area contributed by atoms with Gasteiger partial charge < -0.3 is 0 Å². The van der Waals surface area contributed by atoms with Crippen molar-refractivity contribution in [3.8, 4) is 0 Å². The molecule has 0 aromatic heterocycles. The number of Topliss-reactive ketones (excluding diaryl/α,β-unsaturated/α-hetero) is 1. The van der Waals surface area contributed by atoms with Crippen molar-refractivity contribution in [3.63, 3.8) is 0 Å². The smallest absolute Gasteiger partial charge is 0.159 e. The zero-order valence-electron chi connectivity index (χ0n) is 7.03. The summed E-state index contributed by atoms with van der Waals surface area (Å²) < 4.78 is 11.0. The molecule has 0 heterocycles. The number of ketones is 1. The second-order valence-corrected chi connectivity index (χ2v) is 3.91. The van der Waals surface area contributed by atoms with E-state index < -0.39 is 10.8 Å². The van der Waals surface area contributed by atoms with Gasteiger partial charge in [0.05, 0.1) is 0 Å². The van der Waals surface area contributed by atoms with Gasteiger partial charge in [0.15, 0.2) is 5.78 Å². The summed E-state index contributed by atoms with van der Waals surface area (Å²) in [7, 11) is -0.962. The number of hydrogen-bond donors (Lipinski definition) is 0. The van der Waals surface area contributed by atoms with E-state index in [1.54, 1.807) is 30.5 Å². The highest BCUT2D eigenvalue weighted by Crippen LogP contribution is 2.07. The molecule has 12 heavy (non-hydrogen) atoms. The molecule has 0 saturated carbocycles. The van der Waals surface area contributed by atoms with E-state index >= 15 is 0 Å². The molecule has 3 heteroatoms. The van der Waals surface area contributed by atoms with E-state index in [4.69, 9.17) is 0 Å². The Bertz CT molecular complexity index is 281. The first-order valence-electron chi connectivity index (χ1n) is 3.55. The van der Waals surface area contributed by atoms with Gasteiger partial charge in [-0.15, -0.1) is 0 Å². The minimum absolute atomic E-state index is 0.0310. The van der Waals surface area contributed by atoms with E-state index in [1.165, 1.54) is 6.92 Å². The maximum absolute atomic E-state index is 11.0. The topological polar surface area (TPSA) is 34.1 Å². The highest BCUT2D eigenvalue weighted by molar-refractivity contribution is 7.84. The molecule has 1 atom stereocenters. The first-order chi connectivity index (χ1) is 5.61. The van der Waals surface area contributed by atoms with E-state index in [-0.39, 0.29) is 5.78 Å². The predicted molar refractivity (Wildman–Crippen MR) is 48.8 cm³/mol. The SMILES string of the molecule is CC(=O)c1ccc(S(C)=[18O])cc1. The molecule has 0 spiro atoms. The maximum Gasteiger partial charge on any atom is 0.159 e. The quantitative estimate of drug-likeness (QED) is 0.517. The summed E-state index contributed by atoms with van der Waals surface area (Å²) in [6.07, 6.45) is 1.61. The molecular formula is C9H10O2S. The van der Waals surface area contributed by atoms with Crippen LogP contribution >= 0.6 is 0 Å². The summed E-state index contributed by atoms with van der Waals surface area (Å²) in [5, 5.41) is 0. The monoisotopic (exact) mass is 184 g/mol. The molecule has 0 aliphatic rings. The normalized spacial score (nSPS) is 12.5. The standard InChI is InChI=1S/C9H10O2S/c1-7(10)8-3-5-9(6-4-8)12(2)11/h3-6H,1-2H3/i11+2. The molecule has 0 saturated heterocycles. The van der Waals surface area contributed by atoms with Gasteiger partial charge in [0.2, 0.25) is 0 Å². The molecule has 0 amide bonds. The molecule has 64 valence electrons. The lowest BCUT2D eigenvalue weighted by atomic mass is 10.2. The Morgan fingerprint density at radius 2 is 1.83 bits per heavy atom. The highest BCUT2D eigenvalue weighted by atomic mass is 32.2. The lowest BCUT2D eigenvalue weighted by molar-refractivity contribution is 0.101. The van der Waals surface area contributed by atoms with Crippen molar-refractivity contribution in [3.05, 3.63) is 29.8 Å². The van der Waals surface area contributed by atoms with Crippen LogP contribution < -0.4 is 0 Å². The van der Waals surface area contributed by atoms with Gasteiger partial charge in [-0.1, -0.05) is 12.1 Å². The molecule has 0 bridgehead atoms. The Morgan fingerprint density at radius 1 is 1.33 bits per heavy atom. The van der Waals surface area contributed by atoms with Crippen LogP contribution in [-0.2, 0) is 10.8 Å². The van der Waals surface area contributed by atoms with Crippen LogP contribution in [0.1, 0.15) is 17.3 Å². The molecule has 0 radical (unpaired) electrons. The molecule has 0 aliphatic heterocycles. The molecule has 0 aliphatic carbocycles.